The van der Waals surface area contributed by atoms with Gasteiger partial charge in [0.05, 0.1) is 5.56 Å². The van der Waals surface area contributed by atoms with Gasteiger partial charge >= 0.3 is 0 Å². The number of aromatic nitrogens is 2. The molecule has 6 heteroatoms. The predicted molar refractivity (Wildman–Crippen MR) is 92.6 cm³/mol. The molecule has 0 unspecified atom stereocenters. The van der Waals surface area contributed by atoms with Crippen LogP contribution in [0.1, 0.15) is 36.2 Å². The van der Waals surface area contributed by atoms with Gasteiger partial charge in [-0.05, 0) is 24.0 Å². The Kier molecular flexibility index (Phi) is 6.35. The maximum Gasteiger partial charge on any atom is 0.254 e. The summed E-state index contributed by atoms with van der Waals surface area (Å²) in [6.45, 7) is 5.51. The fourth-order valence-electron chi connectivity index (χ4n) is 1.93. The number of nitrogens with zero attached hydrogens (tertiary/aromatic N) is 2. The second-order valence-electron chi connectivity index (χ2n) is 5.68. The third kappa shape index (κ3) is 5.53. The molecule has 0 aliphatic rings. The van der Waals surface area contributed by atoms with Crippen LogP contribution in [0.2, 0.25) is 5.02 Å². The molecule has 1 amide bonds. The minimum Gasteiger partial charge on any atom is -0.354 e. The van der Waals surface area contributed by atoms with Crippen LogP contribution in [0.4, 0.5) is 5.95 Å². The predicted octanol–water partition coefficient (Wildman–Crippen LogP) is 3.52. The van der Waals surface area contributed by atoms with Gasteiger partial charge in [0, 0.05) is 30.5 Å². The summed E-state index contributed by atoms with van der Waals surface area (Å²) >= 11 is 6.06. The molecule has 2 rings (SSSR count). The number of rotatable bonds is 7. The number of hydrogen-bond donors (Lipinski definition) is 2. The summed E-state index contributed by atoms with van der Waals surface area (Å²) < 4.78 is 0. The molecule has 1 aromatic heterocycles. The van der Waals surface area contributed by atoms with Gasteiger partial charge in [-0.25, -0.2) is 9.97 Å². The Bertz CT molecular complexity index is 643. The number of nitrogens with one attached hydrogen (secondary N) is 2. The van der Waals surface area contributed by atoms with Gasteiger partial charge in [-0.2, -0.15) is 0 Å². The van der Waals surface area contributed by atoms with Gasteiger partial charge in [0.2, 0.25) is 5.95 Å². The molecule has 1 aromatic carbocycles. The molecule has 2 N–H and O–H groups in total. The number of anilines is 1. The molecule has 0 spiro atoms. The Morgan fingerprint density at radius 1 is 1.22 bits per heavy atom. The summed E-state index contributed by atoms with van der Waals surface area (Å²) in [6, 6.07) is 7.41. The van der Waals surface area contributed by atoms with Crippen molar-refractivity contribution in [2.45, 2.75) is 26.8 Å². The van der Waals surface area contributed by atoms with Crippen molar-refractivity contribution in [3.05, 3.63) is 52.8 Å². The van der Waals surface area contributed by atoms with E-state index in [-0.39, 0.29) is 5.91 Å². The number of halogens is 1. The molecule has 0 saturated carbocycles. The summed E-state index contributed by atoms with van der Waals surface area (Å²) in [4.78, 5) is 20.4. The normalized spacial score (nSPS) is 10.6. The fourth-order valence-corrected chi connectivity index (χ4v) is 2.13. The van der Waals surface area contributed by atoms with E-state index in [2.05, 4.69) is 34.4 Å². The van der Waals surface area contributed by atoms with Crippen LogP contribution in [0.3, 0.4) is 0 Å². The van der Waals surface area contributed by atoms with Crippen LogP contribution in [0.15, 0.2) is 36.7 Å². The first-order chi connectivity index (χ1) is 11.1. The highest BCUT2D eigenvalue weighted by molar-refractivity contribution is 6.31. The van der Waals surface area contributed by atoms with Gasteiger partial charge in [-0.1, -0.05) is 43.6 Å². The van der Waals surface area contributed by atoms with E-state index in [1.807, 2.05) is 18.2 Å². The zero-order chi connectivity index (χ0) is 16.7. The first-order valence-electron chi connectivity index (χ1n) is 7.64. The number of benzene rings is 1. The van der Waals surface area contributed by atoms with Crippen molar-refractivity contribution in [3.63, 3.8) is 0 Å². The lowest BCUT2D eigenvalue weighted by Gasteiger charge is -2.08. The highest BCUT2D eigenvalue weighted by Gasteiger charge is 2.08. The van der Waals surface area contributed by atoms with E-state index in [1.54, 1.807) is 6.07 Å². The van der Waals surface area contributed by atoms with Crippen LogP contribution in [0.25, 0.3) is 0 Å². The van der Waals surface area contributed by atoms with E-state index >= 15 is 0 Å². The maximum absolute atomic E-state index is 12.1. The van der Waals surface area contributed by atoms with E-state index in [0.29, 0.717) is 29.0 Å². The fraction of sp³-hybridized carbons (Fsp3) is 0.353. The largest absolute Gasteiger partial charge is 0.354 e. The van der Waals surface area contributed by atoms with Crippen LogP contribution < -0.4 is 10.6 Å². The number of amides is 1. The van der Waals surface area contributed by atoms with Gasteiger partial charge in [0.25, 0.3) is 5.91 Å². The van der Waals surface area contributed by atoms with E-state index in [1.165, 1.54) is 12.4 Å². The average molecular weight is 333 g/mol. The highest BCUT2D eigenvalue weighted by atomic mass is 35.5. The molecule has 1 heterocycles. The Morgan fingerprint density at radius 3 is 2.57 bits per heavy atom. The highest BCUT2D eigenvalue weighted by Crippen LogP contribution is 2.14. The first kappa shape index (κ1) is 17.2. The second kappa shape index (κ2) is 8.48. The molecule has 23 heavy (non-hydrogen) atoms. The Balaban J connectivity index is 1.86. The number of carbonyl (C=O) groups excluding carboxylic acids is 1. The monoisotopic (exact) mass is 332 g/mol. The third-order valence-corrected chi connectivity index (χ3v) is 3.68. The molecule has 0 fully saturated rings. The quantitative estimate of drug-likeness (QED) is 0.814. The van der Waals surface area contributed by atoms with Crippen molar-refractivity contribution < 1.29 is 4.79 Å². The molecule has 0 atom stereocenters. The summed E-state index contributed by atoms with van der Waals surface area (Å²) in [6.07, 6.45) is 4.09. The van der Waals surface area contributed by atoms with Crippen LogP contribution in [0, 0.1) is 5.92 Å². The van der Waals surface area contributed by atoms with E-state index in [0.717, 1.165) is 18.5 Å². The average Bonchev–Trinajstić information content (AvgIpc) is 2.54. The summed E-state index contributed by atoms with van der Waals surface area (Å²) in [5, 5.41) is 6.58. The van der Waals surface area contributed by atoms with Crippen molar-refractivity contribution >= 4 is 23.5 Å². The SMILES string of the molecule is CC(C)CCNc1ncc(C(=O)NCc2ccccc2Cl)cn1. The first-order valence-corrected chi connectivity index (χ1v) is 8.01. The second-order valence-corrected chi connectivity index (χ2v) is 6.09. The van der Waals surface area contributed by atoms with Crippen molar-refractivity contribution in [3.8, 4) is 0 Å². The Morgan fingerprint density at radius 2 is 1.91 bits per heavy atom. The maximum atomic E-state index is 12.1. The van der Waals surface area contributed by atoms with Crippen molar-refractivity contribution in [1.29, 1.82) is 0 Å². The molecular formula is C17H21ClN4O. The number of hydrogen-bond acceptors (Lipinski definition) is 4. The van der Waals surface area contributed by atoms with Crippen molar-refractivity contribution in [2.24, 2.45) is 5.92 Å². The molecule has 0 bridgehead atoms. The Labute approximate surface area is 141 Å². The zero-order valence-electron chi connectivity index (χ0n) is 13.3. The van der Waals surface area contributed by atoms with Gasteiger partial charge in [-0.3, -0.25) is 4.79 Å². The van der Waals surface area contributed by atoms with Gasteiger partial charge in [0.1, 0.15) is 0 Å². The summed E-state index contributed by atoms with van der Waals surface area (Å²) in [5.74, 6) is 0.935. The third-order valence-electron chi connectivity index (χ3n) is 3.32. The van der Waals surface area contributed by atoms with Gasteiger partial charge < -0.3 is 10.6 Å². The molecule has 122 valence electrons. The zero-order valence-corrected chi connectivity index (χ0v) is 14.1. The molecule has 0 saturated heterocycles. The minimum atomic E-state index is -0.223. The molecular weight excluding hydrogens is 312 g/mol. The molecule has 0 aliphatic heterocycles. The molecule has 0 aliphatic carbocycles. The lowest BCUT2D eigenvalue weighted by molar-refractivity contribution is 0.0950. The Hall–Kier alpha value is -2.14. The van der Waals surface area contributed by atoms with Crippen LogP contribution in [-0.4, -0.2) is 22.4 Å². The molecule has 2 aromatic rings. The minimum absolute atomic E-state index is 0.223. The van der Waals surface area contributed by atoms with Crippen molar-refractivity contribution in [1.82, 2.24) is 15.3 Å². The van der Waals surface area contributed by atoms with Gasteiger partial charge in [-0.15, -0.1) is 0 Å². The topological polar surface area (TPSA) is 66.9 Å². The van der Waals surface area contributed by atoms with Gasteiger partial charge in [0.15, 0.2) is 0 Å². The van der Waals surface area contributed by atoms with E-state index < -0.39 is 0 Å². The van der Waals surface area contributed by atoms with Crippen LogP contribution in [0.5, 0.6) is 0 Å². The molecule has 5 nitrogen and oxygen atoms in total. The lowest BCUT2D eigenvalue weighted by atomic mass is 10.1. The van der Waals surface area contributed by atoms with Crippen LogP contribution >= 0.6 is 11.6 Å². The van der Waals surface area contributed by atoms with Crippen molar-refractivity contribution in [2.75, 3.05) is 11.9 Å². The smallest absolute Gasteiger partial charge is 0.254 e. The lowest BCUT2D eigenvalue weighted by Crippen LogP contribution is -2.23. The number of carbonyl (C=O) groups is 1. The standard InChI is InChI=1S/C17H21ClN4O/c1-12(2)7-8-19-17-21-10-14(11-22-17)16(23)20-9-13-5-3-4-6-15(13)18/h3-6,10-12H,7-9H2,1-2H3,(H,20,23)(H,19,21,22). The van der Waals surface area contributed by atoms with Crippen LogP contribution in [-0.2, 0) is 6.54 Å². The van der Waals surface area contributed by atoms with E-state index in [4.69, 9.17) is 11.6 Å². The molecule has 0 radical (unpaired) electrons. The summed E-state index contributed by atoms with van der Waals surface area (Å²) in [7, 11) is 0. The van der Waals surface area contributed by atoms with E-state index in [9.17, 15) is 4.79 Å². The summed E-state index contributed by atoms with van der Waals surface area (Å²) in [5.41, 5.74) is 1.29.